The lowest BCUT2D eigenvalue weighted by molar-refractivity contribution is -0.0649. The summed E-state index contributed by atoms with van der Waals surface area (Å²) >= 11 is 0. The Morgan fingerprint density at radius 2 is 2.19 bits per heavy atom. The van der Waals surface area contributed by atoms with Crippen LogP contribution in [0.25, 0.3) is 0 Å². The van der Waals surface area contributed by atoms with Gasteiger partial charge in [0, 0.05) is 32.0 Å². The van der Waals surface area contributed by atoms with Gasteiger partial charge in [-0.15, -0.1) is 0 Å². The maximum Gasteiger partial charge on any atom is 0.257 e. The molecule has 0 saturated carbocycles. The fourth-order valence-electron chi connectivity index (χ4n) is 4.35. The average Bonchev–Trinajstić information content (AvgIpc) is 3.29. The van der Waals surface area contributed by atoms with Crippen molar-refractivity contribution in [2.45, 2.75) is 38.2 Å². The third-order valence-corrected chi connectivity index (χ3v) is 5.94. The summed E-state index contributed by atoms with van der Waals surface area (Å²) in [6.45, 7) is 4.71. The third-order valence-electron chi connectivity index (χ3n) is 5.94. The lowest BCUT2D eigenvalue weighted by Gasteiger charge is -2.42. The number of ether oxygens (including phenoxy) is 2. The van der Waals surface area contributed by atoms with Crippen molar-refractivity contribution in [1.82, 2.24) is 9.88 Å². The number of furan rings is 1. The summed E-state index contributed by atoms with van der Waals surface area (Å²) in [5.74, 6) is 1.88. The first-order valence-electron chi connectivity index (χ1n) is 9.69. The second-order valence-electron chi connectivity index (χ2n) is 7.39. The van der Waals surface area contributed by atoms with Gasteiger partial charge in [-0.05, 0) is 50.7 Å². The SMILES string of the molecule is Cc1occc1C(=O)N1CCC2(CC1)OCC[C@H]2CCOc1ccccn1. The summed E-state index contributed by atoms with van der Waals surface area (Å²) in [5, 5.41) is 0. The van der Waals surface area contributed by atoms with Crippen LogP contribution in [0.15, 0.2) is 41.1 Å². The van der Waals surface area contributed by atoms with Gasteiger partial charge in [0.05, 0.1) is 24.0 Å². The van der Waals surface area contributed by atoms with E-state index in [4.69, 9.17) is 13.9 Å². The van der Waals surface area contributed by atoms with Crippen LogP contribution in [-0.2, 0) is 4.74 Å². The highest BCUT2D eigenvalue weighted by atomic mass is 16.5. The Bertz CT molecular complexity index is 765. The number of pyridine rings is 1. The van der Waals surface area contributed by atoms with E-state index >= 15 is 0 Å². The number of aryl methyl sites for hydroxylation is 1. The third kappa shape index (κ3) is 3.72. The van der Waals surface area contributed by atoms with Gasteiger partial charge in [0.25, 0.3) is 5.91 Å². The molecule has 2 saturated heterocycles. The van der Waals surface area contributed by atoms with Gasteiger partial charge in [0.15, 0.2) is 0 Å². The molecule has 0 bridgehead atoms. The fourth-order valence-corrected chi connectivity index (χ4v) is 4.35. The number of amides is 1. The number of carbonyl (C=O) groups excluding carboxylic acids is 1. The molecule has 0 aromatic carbocycles. The van der Waals surface area contributed by atoms with E-state index in [1.807, 2.05) is 30.0 Å². The second-order valence-corrected chi connectivity index (χ2v) is 7.39. The molecule has 0 N–H and O–H groups in total. The van der Waals surface area contributed by atoms with E-state index in [2.05, 4.69) is 4.98 Å². The highest BCUT2D eigenvalue weighted by Crippen LogP contribution is 2.42. The molecule has 2 aliphatic rings. The number of likely N-dealkylation sites (tertiary alicyclic amines) is 1. The minimum Gasteiger partial charge on any atom is -0.478 e. The number of rotatable bonds is 5. The van der Waals surface area contributed by atoms with Crippen LogP contribution in [0.4, 0.5) is 0 Å². The van der Waals surface area contributed by atoms with E-state index in [0.717, 1.165) is 45.4 Å². The second kappa shape index (κ2) is 7.72. The molecule has 6 heteroatoms. The summed E-state index contributed by atoms with van der Waals surface area (Å²) in [5.41, 5.74) is 0.550. The summed E-state index contributed by atoms with van der Waals surface area (Å²) in [4.78, 5) is 18.8. The first kappa shape index (κ1) is 18.0. The Kier molecular flexibility index (Phi) is 5.16. The number of hydrogen-bond acceptors (Lipinski definition) is 5. The van der Waals surface area contributed by atoms with Gasteiger partial charge >= 0.3 is 0 Å². The smallest absolute Gasteiger partial charge is 0.257 e. The Morgan fingerprint density at radius 3 is 2.89 bits per heavy atom. The van der Waals surface area contributed by atoms with Crippen LogP contribution in [-0.4, -0.2) is 47.7 Å². The molecular formula is C21H26N2O4. The summed E-state index contributed by atoms with van der Waals surface area (Å²) in [6.07, 6.45) is 7.08. The Morgan fingerprint density at radius 1 is 1.33 bits per heavy atom. The zero-order valence-corrected chi connectivity index (χ0v) is 15.7. The average molecular weight is 370 g/mol. The first-order chi connectivity index (χ1) is 13.2. The van der Waals surface area contributed by atoms with Gasteiger partial charge in [-0.25, -0.2) is 4.98 Å². The summed E-state index contributed by atoms with van der Waals surface area (Å²) in [7, 11) is 0. The Labute approximate surface area is 159 Å². The molecule has 1 amide bonds. The molecule has 2 aliphatic heterocycles. The number of nitrogens with zero attached hydrogens (tertiary/aromatic N) is 2. The Hall–Kier alpha value is -2.34. The predicted octanol–water partition coefficient (Wildman–Crippen LogP) is 3.46. The van der Waals surface area contributed by atoms with Gasteiger partial charge in [0.2, 0.25) is 5.88 Å². The van der Waals surface area contributed by atoms with Gasteiger partial charge in [0.1, 0.15) is 5.76 Å². The molecule has 0 aliphatic carbocycles. The van der Waals surface area contributed by atoms with Gasteiger partial charge in [-0.3, -0.25) is 4.79 Å². The normalized spacial score (nSPS) is 21.5. The van der Waals surface area contributed by atoms with Crippen LogP contribution in [0, 0.1) is 12.8 Å². The van der Waals surface area contributed by atoms with Crippen molar-refractivity contribution in [1.29, 1.82) is 0 Å². The highest BCUT2D eigenvalue weighted by Gasteiger charge is 2.46. The monoisotopic (exact) mass is 370 g/mol. The molecule has 2 aromatic rings. The van der Waals surface area contributed by atoms with Crippen LogP contribution < -0.4 is 4.74 Å². The summed E-state index contributed by atoms with van der Waals surface area (Å²) in [6, 6.07) is 7.44. The number of aromatic nitrogens is 1. The number of piperidine rings is 1. The first-order valence-corrected chi connectivity index (χ1v) is 9.69. The van der Waals surface area contributed by atoms with E-state index in [0.29, 0.717) is 29.7 Å². The molecule has 4 rings (SSSR count). The van der Waals surface area contributed by atoms with Crippen molar-refractivity contribution in [2.24, 2.45) is 5.92 Å². The number of carbonyl (C=O) groups is 1. The van der Waals surface area contributed by atoms with Gasteiger partial charge < -0.3 is 18.8 Å². The number of hydrogen-bond donors (Lipinski definition) is 0. The van der Waals surface area contributed by atoms with Gasteiger partial charge in [-0.1, -0.05) is 6.07 Å². The maximum atomic E-state index is 12.7. The van der Waals surface area contributed by atoms with E-state index in [1.54, 1.807) is 18.5 Å². The standard InChI is InChI=1S/C21H26N2O4/c1-16-18(7-14-25-16)20(24)23-11-8-21(9-12-23)17(6-15-27-21)5-13-26-19-4-2-3-10-22-19/h2-4,7,10,14,17H,5-6,8-9,11-13,15H2,1H3/t17-/m1/s1. The molecule has 0 radical (unpaired) electrons. The molecule has 0 unspecified atom stereocenters. The summed E-state index contributed by atoms with van der Waals surface area (Å²) < 4.78 is 17.3. The molecule has 2 aromatic heterocycles. The minimum absolute atomic E-state index is 0.0594. The zero-order chi connectivity index (χ0) is 18.7. The maximum absolute atomic E-state index is 12.7. The van der Waals surface area contributed by atoms with Crippen molar-refractivity contribution < 1.29 is 18.7 Å². The van der Waals surface area contributed by atoms with Gasteiger partial charge in [-0.2, -0.15) is 0 Å². The lowest BCUT2D eigenvalue weighted by Crippen LogP contribution is -2.49. The Balaban J connectivity index is 1.32. The largest absolute Gasteiger partial charge is 0.478 e. The van der Waals surface area contributed by atoms with Crippen molar-refractivity contribution in [3.05, 3.63) is 48.0 Å². The lowest BCUT2D eigenvalue weighted by atomic mass is 9.78. The highest BCUT2D eigenvalue weighted by molar-refractivity contribution is 5.95. The van der Waals surface area contributed by atoms with Crippen LogP contribution in [0.5, 0.6) is 5.88 Å². The van der Waals surface area contributed by atoms with E-state index in [1.165, 1.54) is 0 Å². The van der Waals surface area contributed by atoms with Crippen LogP contribution in [0.2, 0.25) is 0 Å². The van der Waals surface area contributed by atoms with Crippen molar-refractivity contribution in [2.75, 3.05) is 26.3 Å². The van der Waals surface area contributed by atoms with E-state index in [-0.39, 0.29) is 11.5 Å². The van der Waals surface area contributed by atoms with Crippen molar-refractivity contribution in [3.63, 3.8) is 0 Å². The molecule has 1 spiro atoms. The molecular weight excluding hydrogens is 344 g/mol. The van der Waals surface area contributed by atoms with Crippen LogP contribution in [0.3, 0.4) is 0 Å². The molecule has 144 valence electrons. The zero-order valence-electron chi connectivity index (χ0n) is 15.7. The molecule has 2 fully saturated rings. The van der Waals surface area contributed by atoms with E-state index < -0.39 is 0 Å². The van der Waals surface area contributed by atoms with Crippen LogP contribution >= 0.6 is 0 Å². The van der Waals surface area contributed by atoms with Crippen molar-refractivity contribution in [3.8, 4) is 5.88 Å². The topological polar surface area (TPSA) is 64.8 Å². The fraction of sp³-hybridized carbons (Fsp3) is 0.524. The van der Waals surface area contributed by atoms with Crippen molar-refractivity contribution >= 4 is 5.91 Å². The quantitative estimate of drug-likeness (QED) is 0.806. The predicted molar refractivity (Wildman–Crippen MR) is 99.7 cm³/mol. The molecule has 6 nitrogen and oxygen atoms in total. The van der Waals surface area contributed by atoms with E-state index in [9.17, 15) is 4.79 Å². The molecule has 4 heterocycles. The van der Waals surface area contributed by atoms with Crippen LogP contribution in [0.1, 0.15) is 41.8 Å². The molecule has 1 atom stereocenters. The molecule has 27 heavy (non-hydrogen) atoms. The minimum atomic E-state index is -0.115.